The lowest BCUT2D eigenvalue weighted by atomic mass is 10.1. The van der Waals surface area contributed by atoms with Crippen molar-refractivity contribution in [3.05, 3.63) is 59.9 Å². The summed E-state index contributed by atoms with van der Waals surface area (Å²) in [7, 11) is 0. The molecule has 1 saturated heterocycles. The van der Waals surface area contributed by atoms with Gasteiger partial charge in [-0.15, -0.1) is 0 Å². The molecule has 3 aromatic rings. The SMILES string of the molecule is N#Cc1cccc(NC(=O)c2ccc3c(c2)ncn3CCN2CCCC2)c1. The first kappa shape index (κ1) is 17.3. The number of imidazole rings is 1. The fourth-order valence-electron chi connectivity index (χ4n) is 3.51. The van der Waals surface area contributed by atoms with E-state index in [2.05, 4.69) is 25.8 Å². The van der Waals surface area contributed by atoms with Gasteiger partial charge in [-0.05, 0) is 62.3 Å². The molecule has 0 atom stereocenters. The number of nitrogens with one attached hydrogen (secondary N) is 1. The van der Waals surface area contributed by atoms with E-state index in [9.17, 15) is 4.79 Å². The number of aromatic nitrogens is 2. The molecule has 27 heavy (non-hydrogen) atoms. The average Bonchev–Trinajstić information content (AvgIpc) is 3.35. The number of nitrogens with zero attached hydrogens (tertiary/aromatic N) is 4. The summed E-state index contributed by atoms with van der Waals surface area (Å²) >= 11 is 0. The normalized spacial score (nSPS) is 14.3. The molecule has 0 bridgehead atoms. The summed E-state index contributed by atoms with van der Waals surface area (Å²) in [6.45, 7) is 4.31. The van der Waals surface area contributed by atoms with Crippen molar-refractivity contribution in [2.45, 2.75) is 19.4 Å². The molecule has 0 saturated carbocycles. The molecular weight excluding hydrogens is 338 g/mol. The maximum Gasteiger partial charge on any atom is 0.255 e. The van der Waals surface area contributed by atoms with Crippen LogP contribution in [0.2, 0.25) is 0 Å². The average molecular weight is 359 g/mol. The highest BCUT2D eigenvalue weighted by Gasteiger charge is 2.13. The Hall–Kier alpha value is -3.17. The Balaban J connectivity index is 1.48. The lowest BCUT2D eigenvalue weighted by Gasteiger charge is -2.15. The molecule has 1 aromatic heterocycles. The zero-order valence-electron chi connectivity index (χ0n) is 15.1. The number of anilines is 1. The second-order valence-corrected chi connectivity index (χ2v) is 6.84. The van der Waals surface area contributed by atoms with Gasteiger partial charge in [0, 0.05) is 24.3 Å². The van der Waals surface area contributed by atoms with Crippen molar-refractivity contribution in [3.8, 4) is 6.07 Å². The van der Waals surface area contributed by atoms with Crippen molar-refractivity contribution >= 4 is 22.6 Å². The van der Waals surface area contributed by atoms with E-state index < -0.39 is 0 Å². The van der Waals surface area contributed by atoms with Crippen molar-refractivity contribution in [2.75, 3.05) is 25.0 Å². The number of carbonyl (C=O) groups is 1. The topological polar surface area (TPSA) is 74.0 Å². The van der Waals surface area contributed by atoms with Crippen molar-refractivity contribution in [2.24, 2.45) is 0 Å². The van der Waals surface area contributed by atoms with Gasteiger partial charge in [-0.25, -0.2) is 4.98 Å². The van der Waals surface area contributed by atoms with Crippen LogP contribution in [0, 0.1) is 11.3 Å². The van der Waals surface area contributed by atoms with Crippen LogP contribution in [-0.2, 0) is 6.54 Å². The molecule has 2 heterocycles. The van der Waals surface area contributed by atoms with Gasteiger partial charge in [0.25, 0.3) is 5.91 Å². The van der Waals surface area contributed by atoms with Gasteiger partial charge in [0.15, 0.2) is 0 Å². The monoisotopic (exact) mass is 359 g/mol. The van der Waals surface area contributed by atoms with Crippen molar-refractivity contribution in [3.63, 3.8) is 0 Å². The summed E-state index contributed by atoms with van der Waals surface area (Å²) in [6, 6.07) is 14.5. The molecule has 6 heteroatoms. The number of amides is 1. The molecule has 1 aliphatic rings. The lowest BCUT2D eigenvalue weighted by molar-refractivity contribution is 0.102. The second kappa shape index (κ2) is 7.60. The number of hydrogen-bond acceptors (Lipinski definition) is 4. The van der Waals surface area contributed by atoms with Crippen LogP contribution in [0.1, 0.15) is 28.8 Å². The molecule has 4 rings (SSSR count). The van der Waals surface area contributed by atoms with Crippen LogP contribution < -0.4 is 5.32 Å². The molecule has 0 unspecified atom stereocenters. The first-order valence-corrected chi connectivity index (χ1v) is 9.22. The van der Waals surface area contributed by atoms with Gasteiger partial charge in [-0.1, -0.05) is 6.07 Å². The van der Waals surface area contributed by atoms with Gasteiger partial charge in [0.1, 0.15) is 0 Å². The molecule has 136 valence electrons. The Morgan fingerprint density at radius 3 is 2.81 bits per heavy atom. The first-order valence-electron chi connectivity index (χ1n) is 9.22. The summed E-state index contributed by atoms with van der Waals surface area (Å²) in [5.74, 6) is -0.210. The van der Waals surface area contributed by atoms with Gasteiger partial charge < -0.3 is 14.8 Å². The molecule has 1 N–H and O–H groups in total. The second-order valence-electron chi connectivity index (χ2n) is 6.84. The predicted octanol–water partition coefficient (Wildman–Crippen LogP) is 3.26. The molecular formula is C21H21N5O. The standard InChI is InChI=1S/C21H21N5O/c22-14-16-4-3-5-18(12-16)24-21(27)17-6-7-20-19(13-17)23-15-26(20)11-10-25-8-1-2-9-25/h3-7,12-13,15H,1-2,8-11H2,(H,24,27). The van der Waals surface area contributed by atoms with Gasteiger partial charge >= 0.3 is 0 Å². The zero-order chi connectivity index (χ0) is 18.6. The molecule has 0 spiro atoms. The van der Waals surface area contributed by atoms with Crippen LogP contribution in [0.5, 0.6) is 0 Å². The molecule has 6 nitrogen and oxygen atoms in total. The fourth-order valence-corrected chi connectivity index (χ4v) is 3.51. The van der Waals surface area contributed by atoms with Crippen molar-refractivity contribution < 1.29 is 4.79 Å². The van der Waals surface area contributed by atoms with E-state index in [1.807, 2.05) is 24.5 Å². The van der Waals surface area contributed by atoms with E-state index >= 15 is 0 Å². The molecule has 1 fully saturated rings. The Bertz CT molecular complexity index is 1010. The first-order chi connectivity index (χ1) is 13.2. The molecule has 1 amide bonds. The third kappa shape index (κ3) is 3.83. The third-order valence-electron chi connectivity index (χ3n) is 4.99. The largest absolute Gasteiger partial charge is 0.329 e. The lowest BCUT2D eigenvalue weighted by Crippen LogP contribution is -2.23. The number of fused-ring (bicyclic) bond motifs is 1. The van der Waals surface area contributed by atoms with Gasteiger partial charge in [0.2, 0.25) is 0 Å². The minimum atomic E-state index is -0.210. The molecule has 2 aromatic carbocycles. The van der Waals surface area contributed by atoms with E-state index in [1.165, 1.54) is 25.9 Å². The van der Waals surface area contributed by atoms with Crippen molar-refractivity contribution in [1.82, 2.24) is 14.5 Å². The van der Waals surface area contributed by atoms with Gasteiger partial charge in [-0.2, -0.15) is 5.26 Å². The maximum atomic E-state index is 12.5. The third-order valence-corrected chi connectivity index (χ3v) is 4.99. The van der Waals surface area contributed by atoms with E-state index in [0.717, 1.165) is 24.1 Å². The Morgan fingerprint density at radius 1 is 1.15 bits per heavy atom. The van der Waals surface area contributed by atoms with Gasteiger partial charge in [0.05, 0.1) is 29.0 Å². The van der Waals surface area contributed by atoms with E-state index in [4.69, 9.17) is 5.26 Å². The number of benzene rings is 2. The quantitative estimate of drug-likeness (QED) is 0.759. The number of likely N-dealkylation sites (tertiary alicyclic amines) is 1. The molecule has 0 aliphatic carbocycles. The summed E-state index contributed by atoms with van der Waals surface area (Å²) in [5, 5.41) is 11.8. The molecule has 1 aliphatic heterocycles. The minimum absolute atomic E-state index is 0.210. The smallest absolute Gasteiger partial charge is 0.255 e. The maximum absolute atomic E-state index is 12.5. The summed E-state index contributed by atoms with van der Waals surface area (Å²) in [6.07, 6.45) is 4.43. The van der Waals surface area contributed by atoms with Crippen molar-refractivity contribution in [1.29, 1.82) is 5.26 Å². The Labute approximate surface area is 158 Å². The number of hydrogen-bond donors (Lipinski definition) is 1. The Kier molecular flexibility index (Phi) is 4.86. The summed E-state index contributed by atoms with van der Waals surface area (Å²) in [4.78, 5) is 19.5. The minimum Gasteiger partial charge on any atom is -0.329 e. The van der Waals surface area contributed by atoms with E-state index in [0.29, 0.717) is 16.8 Å². The molecule has 0 radical (unpaired) electrons. The van der Waals surface area contributed by atoms with E-state index in [1.54, 1.807) is 24.3 Å². The number of nitriles is 1. The number of carbonyl (C=O) groups excluding carboxylic acids is 1. The van der Waals surface area contributed by atoms with Crippen LogP contribution in [0.4, 0.5) is 5.69 Å². The Morgan fingerprint density at radius 2 is 2.00 bits per heavy atom. The number of rotatable bonds is 5. The van der Waals surface area contributed by atoms with Crippen LogP contribution in [-0.4, -0.2) is 40.0 Å². The fraction of sp³-hybridized carbons (Fsp3) is 0.286. The zero-order valence-corrected chi connectivity index (χ0v) is 15.1. The van der Waals surface area contributed by atoms with Crippen LogP contribution >= 0.6 is 0 Å². The highest BCUT2D eigenvalue weighted by Crippen LogP contribution is 2.18. The summed E-state index contributed by atoms with van der Waals surface area (Å²) in [5.41, 5.74) is 3.53. The van der Waals surface area contributed by atoms with E-state index in [-0.39, 0.29) is 5.91 Å². The van der Waals surface area contributed by atoms with Crippen LogP contribution in [0.15, 0.2) is 48.8 Å². The predicted molar refractivity (Wildman–Crippen MR) is 105 cm³/mol. The highest BCUT2D eigenvalue weighted by atomic mass is 16.1. The summed E-state index contributed by atoms with van der Waals surface area (Å²) < 4.78 is 2.14. The van der Waals surface area contributed by atoms with Gasteiger partial charge in [-0.3, -0.25) is 4.79 Å². The van der Waals surface area contributed by atoms with Crippen LogP contribution in [0.25, 0.3) is 11.0 Å². The highest BCUT2D eigenvalue weighted by molar-refractivity contribution is 6.06. The van der Waals surface area contributed by atoms with Crippen LogP contribution in [0.3, 0.4) is 0 Å².